The first-order valence-electron chi connectivity index (χ1n) is 5.96. The third-order valence-electron chi connectivity index (χ3n) is 2.97. The summed E-state index contributed by atoms with van der Waals surface area (Å²) in [5.41, 5.74) is 1.21. The highest BCUT2D eigenvalue weighted by Crippen LogP contribution is 2.25. The van der Waals surface area contributed by atoms with Crippen LogP contribution in [0.3, 0.4) is 0 Å². The molecule has 0 saturated carbocycles. The number of nitrogens with one attached hydrogen (secondary N) is 1. The van der Waals surface area contributed by atoms with Gasteiger partial charge in [0.15, 0.2) is 0 Å². The van der Waals surface area contributed by atoms with Crippen LogP contribution in [0.2, 0.25) is 10.3 Å². The summed E-state index contributed by atoms with van der Waals surface area (Å²) in [5.74, 6) is 0.561. The summed E-state index contributed by atoms with van der Waals surface area (Å²) < 4.78 is 0. The Morgan fingerprint density at radius 2 is 1.84 bits per heavy atom. The van der Waals surface area contributed by atoms with E-state index in [1.165, 1.54) is 11.8 Å². The Balaban J connectivity index is 2.12. The summed E-state index contributed by atoms with van der Waals surface area (Å²) in [6.45, 7) is 5.02. The van der Waals surface area contributed by atoms with Crippen molar-refractivity contribution in [2.75, 3.05) is 11.9 Å². The van der Waals surface area contributed by atoms with Gasteiger partial charge in [-0.2, -0.15) is 4.98 Å². The smallest absolute Gasteiger partial charge is 0.224 e. The van der Waals surface area contributed by atoms with Gasteiger partial charge in [-0.25, -0.2) is 4.98 Å². The van der Waals surface area contributed by atoms with E-state index in [2.05, 4.69) is 41.3 Å². The molecule has 1 aromatic heterocycles. The lowest BCUT2D eigenvalue weighted by Crippen LogP contribution is -2.28. The van der Waals surface area contributed by atoms with Gasteiger partial charge in [-0.3, -0.25) is 0 Å². The Morgan fingerprint density at radius 3 is 2.53 bits per heavy atom. The number of hydrogen-bond donors (Lipinski definition) is 1. The van der Waals surface area contributed by atoms with Crippen LogP contribution in [0.5, 0.6) is 0 Å². The fraction of sp³-hybridized carbons (Fsp3) is 0.286. The molecule has 0 bridgehead atoms. The van der Waals surface area contributed by atoms with Gasteiger partial charge in [0.05, 0.1) is 6.20 Å². The van der Waals surface area contributed by atoms with Crippen molar-refractivity contribution in [1.29, 1.82) is 0 Å². The van der Waals surface area contributed by atoms with Crippen molar-refractivity contribution in [3.63, 3.8) is 0 Å². The molecule has 19 heavy (non-hydrogen) atoms. The van der Waals surface area contributed by atoms with E-state index in [4.69, 9.17) is 23.2 Å². The number of aromatic nitrogens is 2. The van der Waals surface area contributed by atoms with Gasteiger partial charge in [0.25, 0.3) is 0 Å². The molecule has 5 heteroatoms. The van der Waals surface area contributed by atoms with Gasteiger partial charge >= 0.3 is 0 Å². The van der Waals surface area contributed by atoms with Gasteiger partial charge < -0.3 is 5.32 Å². The predicted octanol–water partition coefficient (Wildman–Crippen LogP) is 4.17. The molecule has 0 unspecified atom stereocenters. The van der Waals surface area contributed by atoms with Crippen LogP contribution in [0.4, 0.5) is 5.82 Å². The Kier molecular flexibility index (Phi) is 4.27. The molecule has 0 radical (unpaired) electrons. The van der Waals surface area contributed by atoms with Gasteiger partial charge in [0.1, 0.15) is 10.8 Å². The number of hydrogen-bond acceptors (Lipinski definition) is 3. The fourth-order valence-corrected chi connectivity index (χ4v) is 2.06. The topological polar surface area (TPSA) is 37.8 Å². The van der Waals surface area contributed by atoms with Crippen molar-refractivity contribution < 1.29 is 0 Å². The Morgan fingerprint density at radius 1 is 1.16 bits per heavy atom. The summed E-state index contributed by atoms with van der Waals surface area (Å²) >= 11 is 11.8. The number of anilines is 1. The average Bonchev–Trinajstić information content (AvgIpc) is 2.41. The third-order valence-corrected chi connectivity index (χ3v) is 3.43. The molecule has 3 nitrogen and oxygen atoms in total. The van der Waals surface area contributed by atoms with Crippen LogP contribution in [0.25, 0.3) is 0 Å². The van der Waals surface area contributed by atoms with Gasteiger partial charge in [-0.1, -0.05) is 55.8 Å². The zero-order chi connectivity index (χ0) is 13.9. The van der Waals surface area contributed by atoms with Crippen LogP contribution in [0.1, 0.15) is 19.4 Å². The molecular weight excluding hydrogens is 281 g/mol. The van der Waals surface area contributed by atoms with Gasteiger partial charge in [0, 0.05) is 12.0 Å². The minimum absolute atomic E-state index is 0.0397. The third kappa shape index (κ3) is 3.58. The minimum atomic E-state index is -0.0397. The van der Waals surface area contributed by atoms with Crippen LogP contribution in [-0.2, 0) is 5.41 Å². The lowest BCUT2D eigenvalue weighted by Gasteiger charge is -2.26. The van der Waals surface area contributed by atoms with Crippen molar-refractivity contribution in [1.82, 2.24) is 9.97 Å². The second kappa shape index (κ2) is 5.76. The van der Waals surface area contributed by atoms with Gasteiger partial charge in [-0.15, -0.1) is 0 Å². The fourth-order valence-electron chi connectivity index (χ4n) is 1.77. The number of benzene rings is 1. The van der Waals surface area contributed by atoms with E-state index in [0.717, 1.165) is 0 Å². The summed E-state index contributed by atoms with van der Waals surface area (Å²) in [6.07, 6.45) is 1.49. The van der Waals surface area contributed by atoms with Crippen molar-refractivity contribution in [3.8, 4) is 0 Å². The SMILES string of the molecule is CC(C)(CNc1nc(Cl)ncc1Cl)c1ccccc1. The van der Waals surface area contributed by atoms with Crippen molar-refractivity contribution in [2.24, 2.45) is 0 Å². The normalized spacial score (nSPS) is 11.4. The molecular formula is C14H15Cl2N3. The lowest BCUT2D eigenvalue weighted by molar-refractivity contribution is 0.556. The molecule has 0 aliphatic heterocycles. The Bertz CT molecular complexity index is 556. The maximum atomic E-state index is 6.02. The molecule has 1 N–H and O–H groups in total. The summed E-state index contributed by atoms with van der Waals surface area (Å²) in [7, 11) is 0. The molecule has 0 amide bonds. The van der Waals surface area contributed by atoms with E-state index in [1.54, 1.807) is 0 Å². The molecule has 100 valence electrons. The van der Waals surface area contributed by atoms with E-state index in [9.17, 15) is 0 Å². The highest BCUT2D eigenvalue weighted by Gasteiger charge is 2.20. The highest BCUT2D eigenvalue weighted by molar-refractivity contribution is 6.33. The first kappa shape index (κ1) is 14.1. The van der Waals surface area contributed by atoms with Crippen molar-refractivity contribution >= 4 is 29.0 Å². The zero-order valence-electron chi connectivity index (χ0n) is 10.8. The maximum absolute atomic E-state index is 6.02. The molecule has 1 heterocycles. The van der Waals surface area contributed by atoms with Crippen LogP contribution < -0.4 is 5.32 Å². The van der Waals surface area contributed by atoms with Gasteiger partial charge in [-0.05, 0) is 17.2 Å². The molecule has 0 atom stereocenters. The van der Waals surface area contributed by atoms with Gasteiger partial charge in [0.2, 0.25) is 5.28 Å². The minimum Gasteiger partial charge on any atom is -0.368 e. The number of halogens is 2. The monoisotopic (exact) mass is 295 g/mol. The average molecular weight is 296 g/mol. The summed E-state index contributed by atoms with van der Waals surface area (Å²) in [6, 6.07) is 10.3. The second-order valence-corrected chi connectivity index (χ2v) is 5.68. The second-order valence-electron chi connectivity index (χ2n) is 4.94. The molecule has 2 aromatic rings. The van der Waals surface area contributed by atoms with Crippen LogP contribution in [-0.4, -0.2) is 16.5 Å². The molecule has 0 spiro atoms. The van der Waals surface area contributed by atoms with Crippen molar-refractivity contribution in [3.05, 3.63) is 52.4 Å². The molecule has 2 rings (SSSR count). The van der Waals surface area contributed by atoms with Crippen molar-refractivity contribution in [2.45, 2.75) is 19.3 Å². The molecule has 0 aliphatic rings. The maximum Gasteiger partial charge on any atom is 0.224 e. The van der Waals surface area contributed by atoms with E-state index in [1.807, 2.05) is 18.2 Å². The zero-order valence-corrected chi connectivity index (χ0v) is 12.3. The van der Waals surface area contributed by atoms with Crippen LogP contribution in [0.15, 0.2) is 36.5 Å². The lowest BCUT2D eigenvalue weighted by atomic mass is 9.85. The van der Waals surface area contributed by atoms with E-state index in [-0.39, 0.29) is 10.7 Å². The Hall–Kier alpha value is -1.32. The van der Waals surface area contributed by atoms with Crippen LogP contribution in [0, 0.1) is 0 Å². The molecule has 0 aliphatic carbocycles. The number of nitrogens with zero attached hydrogens (tertiary/aromatic N) is 2. The number of rotatable bonds is 4. The van der Waals surface area contributed by atoms with Crippen LogP contribution >= 0.6 is 23.2 Å². The first-order valence-corrected chi connectivity index (χ1v) is 6.72. The predicted molar refractivity (Wildman–Crippen MR) is 80.0 cm³/mol. The largest absolute Gasteiger partial charge is 0.368 e. The summed E-state index contributed by atoms with van der Waals surface area (Å²) in [5, 5.41) is 3.88. The van der Waals surface area contributed by atoms with E-state index >= 15 is 0 Å². The summed E-state index contributed by atoms with van der Waals surface area (Å²) in [4.78, 5) is 7.91. The first-order chi connectivity index (χ1) is 8.99. The van der Waals surface area contributed by atoms with E-state index < -0.39 is 0 Å². The van der Waals surface area contributed by atoms with E-state index in [0.29, 0.717) is 17.4 Å². The molecule has 0 fully saturated rings. The molecule has 1 aromatic carbocycles. The highest BCUT2D eigenvalue weighted by atomic mass is 35.5. The Labute approximate surface area is 123 Å². The molecule has 0 saturated heterocycles. The standard InChI is InChI=1S/C14H15Cl2N3/c1-14(2,10-6-4-3-5-7-10)9-18-12-11(15)8-17-13(16)19-12/h3-8H,9H2,1-2H3,(H,17,18,19). The quantitative estimate of drug-likeness (QED) is 0.860.